The lowest BCUT2D eigenvalue weighted by Crippen LogP contribution is -2.60. The van der Waals surface area contributed by atoms with Gasteiger partial charge in [-0.15, -0.1) is 0 Å². The highest BCUT2D eigenvalue weighted by molar-refractivity contribution is 5.88. The summed E-state index contributed by atoms with van der Waals surface area (Å²) in [5.74, 6) is -2.12. The van der Waals surface area contributed by atoms with Gasteiger partial charge in [0, 0.05) is 63.5 Å². The summed E-state index contributed by atoms with van der Waals surface area (Å²) in [6.07, 6.45) is 3.64. The van der Waals surface area contributed by atoms with Crippen molar-refractivity contribution in [2.75, 3.05) is 62.4 Å². The van der Waals surface area contributed by atoms with Crippen LogP contribution in [0.2, 0.25) is 0 Å². The van der Waals surface area contributed by atoms with Crippen LogP contribution < -0.4 is 20.3 Å². The first-order valence-corrected chi connectivity index (χ1v) is 13.3. The maximum Gasteiger partial charge on any atom is 0.411 e. The molecule has 40 heavy (non-hydrogen) atoms. The summed E-state index contributed by atoms with van der Waals surface area (Å²) in [5.41, 5.74) is 0.435. The van der Waals surface area contributed by atoms with Crippen molar-refractivity contribution in [2.45, 2.75) is 44.8 Å². The van der Waals surface area contributed by atoms with Gasteiger partial charge in [-0.25, -0.2) is 33.3 Å². The molecule has 218 valence electrons. The molecule has 2 aliphatic heterocycles. The number of nitrogens with zero attached hydrogens (tertiary/aromatic N) is 6. The maximum atomic E-state index is 15.0. The number of anilines is 3. The zero-order chi connectivity index (χ0) is 28.9. The number of likely N-dealkylation sites (N-methyl/N-ethyl adjacent to an activating group) is 1. The van der Waals surface area contributed by atoms with E-state index in [-0.39, 0.29) is 36.8 Å². The van der Waals surface area contributed by atoms with E-state index in [1.807, 2.05) is 14.0 Å². The summed E-state index contributed by atoms with van der Waals surface area (Å²) in [5, 5.41) is 5.22. The Morgan fingerprint density at radius 1 is 1.18 bits per heavy atom. The van der Waals surface area contributed by atoms with E-state index in [0.29, 0.717) is 18.1 Å². The zero-order valence-corrected chi connectivity index (χ0v) is 23.1. The number of carbonyl (C=O) groups is 2. The van der Waals surface area contributed by atoms with Crippen LogP contribution in [0.4, 0.5) is 35.7 Å². The highest BCUT2D eigenvalue weighted by atomic mass is 19.3. The Hall–Kier alpha value is -3.81. The first-order chi connectivity index (χ1) is 19.1. The fourth-order valence-electron chi connectivity index (χ4n) is 4.90. The molecule has 4 rings (SSSR count). The first-order valence-electron chi connectivity index (χ1n) is 13.3. The van der Waals surface area contributed by atoms with E-state index in [1.165, 1.54) is 25.6 Å². The molecule has 2 N–H and O–H groups in total. The SMILES string of the molecule is CCOc1cnc(NC(=O)N(C)[C@H]2CN(c3cc(NC(=O)O[C@@H]4CCN(C)C[C@@H]4C)ccn3)CCC2(F)F)cn1. The fraction of sp³-hybridized carbons (Fsp3) is 0.577. The molecular formula is C26H36F2N8O4. The molecule has 12 nitrogen and oxygen atoms in total. The molecule has 3 amide bonds. The van der Waals surface area contributed by atoms with E-state index in [2.05, 4.69) is 30.5 Å². The number of hydrogen-bond acceptors (Lipinski definition) is 9. The zero-order valence-electron chi connectivity index (χ0n) is 23.1. The van der Waals surface area contributed by atoms with Crippen molar-refractivity contribution in [3.8, 4) is 5.88 Å². The molecule has 2 aromatic rings. The van der Waals surface area contributed by atoms with Crippen LogP contribution in [-0.2, 0) is 4.74 Å². The summed E-state index contributed by atoms with van der Waals surface area (Å²) in [6, 6.07) is 1.02. The van der Waals surface area contributed by atoms with Gasteiger partial charge in [-0.3, -0.25) is 10.6 Å². The average molecular weight is 563 g/mol. The number of nitrogens with one attached hydrogen (secondary N) is 2. The first kappa shape index (κ1) is 29.2. The molecule has 0 radical (unpaired) electrons. The Balaban J connectivity index is 1.38. The fourth-order valence-corrected chi connectivity index (χ4v) is 4.90. The maximum absolute atomic E-state index is 15.0. The van der Waals surface area contributed by atoms with Crippen molar-refractivity contribution in [3.63, 3.8) is 0 Å². The molecule has 0 saturated carbocycles. The summed E-state index contributed by atoms with van der Waals surface area (Å²) in [6.45, 7) is 5.81. The van der Waals surface area contributed by atoms with E-state index in [4.69, 9.17) is 9.47 Å². The molecule has 2 aliphatic rings. The minimum absolute atomic E-state index is 0.0251. The van der Waals surface area contributed by atoms with Crippen molar-refractivity contribution in [1.29, 1.82) is 0 Å². The smallest absolute Gasteiger partial charge is 0.411 e. The van der Waals surface area contributed by atoms with Crippen molar-refractivity contribution in [2.24, 2.45) is 5.92 Å². The summed E-state index contributed by atoms with van der Waals surface area (Å²) in [7, 11) is 3.35. The van der Waals surface area contributed by atoms with Crippen LogP contribution in [0.5, 0.6) is 5.88 Å². The number of hydrogen-bond donors (Lipinski definition) is 2. The van der Waals surface area contributed by atoms with Crippen molar-refractivity contribution < 1.29 is 27.8 Å². The number of carbonyl (C=O) groups excluding carboxylic acids is 2. The normalized spacial score (nSPS) is 22.8. The lowest BCUT2D eigenvalue weighted by atomic mass is 9.97. The summed E-state index contributed by atoms with van der Waals surface area (Å²) >= 11 is 0. The third-order valence-electron chi connectivity index (χ3n) is 7.14. The Kier molecular flexibility index (Phi) is 9.17. The number of amides is 3. The second-order valence-corrected chi connectivity index (χ2v) is 10.2. The number of likely N-dealkylation sites (tertiary alicyclic amines) is 1. The van der Waals surface area contributed by atoms with E-state index >= 15 is 0 Å². The molecule has 14 heteroatoms. The van der Waals surface area contributed by atoms with Gasteiger partial charge in [0.15, 0.2) is 5.82 Å². The second-order valence-electron chi connectivity index (χ2n) is 10.2. The van der Waals surface area contributed by atoms with Gasteiger partial charge in [0.2, 0.25) is 5.88 Å². The minimum atomic E-state index is -3.13. The Morgan fingerprint density at radius 3 is 2.67 bits per heavy atom. The number of ether oxygens (including phenoxy) is 2. The number of halogens is 2. The molecular weight excluding hydrogens is 526 g/mol. The molecule has 0 aromatic carbocycles. The van der Waals surface area contributed by atoms with Crippen LogP contribution in [0.1, 0.15) is 26.7 Å². The molecule has 2 fully saturated rings. The van der Waals surface area contributed by atoms with Gasteiger partial charge >= 0.3 is 12.1 Å². The van der Waals surface area contributed by atoms with E-state index < -0.39 is 30.5 Å². The summed E-state index contributed by atoms with van der Waals surface area (Å²) in [4.78, 5) is 42.6. The Labute approximate surface area is 232 Å². The third kappa shape index (κ3) is 7.23. The van der Waals surface area contributed by atoms with Crippen LogP contribution in [-0.4, -0.2) is 102 Å². The van der Waals surface area contributed by atoms with Crippen LogP contribution in [0.15, 0.2) is 30.7 Å². The number of pyridine rings is 1. The quantitative estimate of drug-likeness (QED) is 0.521. The van der Waals surface area contributed by atoms with Crippen LogP contribution >= 0.6 is 0 Å². The van der Waals surface area contributed by atoms with Crippen LogP contribution in [0, 0.1) is 5.92 Å². The molecule has 0 unspecified atom stereocenters. The Bertz CT molecular complexity index is 1170. The van der Waals surface area contributed by atoms with Gasteiger partial charge in [-0.1, -0.05) is 6.92 Å². The van der Waals surface area contributed by atoms with E-state index in [9.17, 15) is 18.4 Å². The number of piperidine rings is 2. The van der Waals surface area contributed by atoms with Gasteiger partial charge in [-0.05, 0) is 26.5 Å². The van der Waals surface area contributed by atoms with E-state index in [0.717, 1.165) is 24.4 Å². The monoisotopic (exact) mass is 562 g/mol. The largest absolute Gasteiger partial charge is 0.477 e. The third-order valence-corrected chi connectivity index (χ3v) is 7.14. The van der Waals surface area contributed by atoms with E-state index in [1.54, 1.807) is 24.0 Å². The molecule has 3 atom stereocenters. The molecule has 0 aliphatic carbocycles. The predicted molar refractivity (Wildman–Crippen MR) is 145 cm³/mol. The Morgan fingerprint density at radius 2 is 1.98 bits per heavy atom. The number of aromatic nitrogens is 3. The van der Waals surface area contributed by atoms with Gasteiger partial charge < -0.3 is 24.2 Å². The average Bonchev–Trinajstić information content (AvgIpc) is 2.91. The van der Waals surface area contributed by atoms with Crippen LogP contribution in [0.25, 0.3) is 0 Å². The number of alkyl halides is 2. The molecule has 2 saturated heterocycles. The summed E-state index contributed by atoms with van der Waals surface area (Å²) < 4.78 is 40.8. The highest BCUT2D eigenvalue weighted by Crippen LogP contribution is 2.34. The topological polar surface area (TPSA) is 125 Å². The van der Waals surface area contributed by atoms with Crippen molar-refractivity contribution in [1.82, 2.24) is 24.8 Å². The van der Waals surface area contributed by atoms with Crippen molar-refractivity contribution >= 4 is 29.4 Å². The molecule has 2 aromatic heterocycles. The van der Waals surface area contributed by atoms with Gasteiger partial charge in [0.1, 0.15) is 18.0 Å². The minimum Gasteiger partial charge on any atom is -0.477 e. The standard InChI is InChI=1S/C26H36F2N8O4/c1-5-39-23-14-30-21(13-31-23)33-24(37)35(4)20-16-36(11-8-26(20,27)28)22-12-18(6-9-29-22)32-25(38)40-19-7-10-34(3)15-17(19)2/h6,9,12-14,17,19-20H,5,7-8,10-11,15-16H2,1-4H3,(H,29,32,38)(H,30,33,37)/t17-,19+,20-/m0/s1. The number of rotatable bonds is 7. The number of urea groups is 1. The van der Waals surface area contributed by atoms with Crippen molar-refractivity contribution in [3.05, 3.63) is 30.7 Å². The lowest BCUT2D eigenvalue weighted by molar-refractivity contribution is -0.0759. The second kappa shape index (κ2) is 12.6. The lowest BCUT2D eigenvalue weighted by Gasteiger charge is -2.42. The van der Waals surface area contributed by atoms with Gasteiger partial charge in [-0.2, -0.15) is 0 Å². The van der Waals surface area contributed by atoms with Gasteiger partial charge in [0.05, 0.1) is 19.0 Å². The highest BCUT2D eigenvalue weighted by Gasteiger charge is 2.48. The predicted octanol–water partition coefficient (Wildman–Crippen LogP) is 3.54. The molecule has 0 bridgehead atoms. The van der Waals surface area contributed by atoms with Gasteiger partial charge in [0.25, 0.3) is 5.92 Å². The van der Waals surface area contributed by atoms with Crippen LogP contribution in [0.3, 0.4) is 0 Å². The molecule has 0 spiro atoms. The molecule has 4 heterocycles.